The van der Waals surface area contributed by atoms with Gasteiger partial charge in [0.05, 0.1) is 16.7 Å². The Hall–Kier alpha value is -3.22. The summed E-state index contributed by atoms with van der Waals surface area (Å²) >= 11 is 0. The van der Waals surface area contributed by atoms with Crippen LogP contribution in [-0.2, 0) is 32.0 Å². The number of nitrogens with two attached hydrogens (primary N) is 1. The second-order valence-electron chi connectivity index (χ2n) is 6.63. The van der Waals surface area contributed by atoms with Crippen molar-refractivity contribution < 1.29 is 48.5 Å². The van der Waals surface area contributed by atoms with Crippen molar-refractivity contribution in [2.45, 2.75) is 18.5 Å². The Kier molecular flexibility index (Phi) is 5.89. The summed E-state index contributed by atoms with van der Waals surface area (Å²) in [6.07, 6.45) is -10.7. The van der Waals surface area contributed by atoms with Crippen molar-refractivity contribution in [2.75, 3.05) is 5.75 Å². The van der Waals surface area contributed by atoms with Crippen LogP contribution in [0.2, 0.25) is 0 Å². The van der Waals surface area contributed by atoms with Crippen molar-refractivity contribution >= 4 is 15.9 Å². The van der Waals surface area contributed by atoms with E-state index in [9.17, 15) is 39.6 Å². The topological polar surface area (TPSA) is 95.7 Å². The molecule has 172 valence electrons. The molecule has 1 aliphatic heterocycles. The zero-order valence-corrected chi connectivity index (χ0v) is 16.5. The van der Waals surface area contributed by atoms with E-state index in [-0.39, 0.29) is 5.56 Å². The first kappa shape index (κ1) is 23.4. The maximum Gasteiger partial charge on any atom is 0.416 e. The molecule has 2 aromatic rings. The molecule has 1 unspecified atom stereocenters. The van der Waals surface area contributed by atoms with E-state index in [1.54, 1.807) is 0 Å². The van der Waals surface area contributed by atoms with E-state index in [4.69, 9.17) is 14.7 Å². The largest absolute Gasteiger partial charge is 0.463 e. The van der Waals surface area contributed by atoms with E-state index in [0.29, 0.717) is 12.1 Å². The zero-order valence-electron chi connectivity index (χ0n) is 15.7. The minimum Gasteiger partial charge on any atom is -0.463 e. The molecule has 32 heavy (non-hydrogen) atoms. The summed E-state index contributed by atoms with van der Waals surface area (Å²) in [7, 11) is -4.53. The summed E-state index contributed by atoms with van der Waals surface area (Å²) in [5.41, 5.74) is 3.12. The van der Waals surface area contributed by atoms with E-state index in [1.165, 1.54) is 0 Å². The van der Waals surface area contributed by atoms with Gasteiger partial charge in [0.15, 0.2) is 12.0 Å². The van der Waals surface area contributed by atoms with Gasteiger partial charge >= 0.3 is 22.5 Å². The third-order valence-corrected chi connectivity index (χ3v) is 5.43. The molecule has 0 fully saturated rings. The number of ether oxygens (including phenoxy) is 1. The molecule has 3 rings (SSSR count). The molecule has 13 heteroatoms. The summed E-state index contributed by atoms with van der Waals surface area (Å²) in [4.78, 5) is 12.6. The number of hydrogen-bond acceptors (Lipinski definition) is 6. The van der Waals surface area contributed by atoms with Crippen molar-refractivity contribution in [1.82, 2.24) is 0 Å². The molecule has 0 amide bonds. The van der Waals surface area contributed by atoms with Gasteiger partial charge in [-0.1, -0.05) is 12.1 Å². The normalized spacial score (nSPS) is 17.4. The Morgan fingerprint density at radius 1 is 0.875 bits per heavy atom. The molecular formula is C19H13F6NO5S. The monoisotopic (exact) mass is 481 g/mol. The summed E-state index contributed by atoms with van der Waals surface area (Å²) in [5, 5.41) is 0. The van der Waals surface area contributed by atoms with Crippen LogP contribution in [0.3, 0.4) is 0 Å². The smallest absolute Gasteiger partial charge is 0.416 e. The van der Waals surface area contributed by atoms with Gasteiger partial charge in [-0.2, -0.15) is 34.8 Å². The number of carbonyl (C=O) groups excluding carboxylic acids is 1. The number of halogens is 6. The third-order valence-electron chi connectivity index (χ3n) is 4.34. The Morgan fingerprint density at radius 2 is 1.34 bits per heavy atom. The first-order valence-corrected chi connectivity index (χ1v) is 10.2. The van der Waals surface area contributed by atoms with Gasteiger partial charge in [-0.15, -0.1) is 0 Å². The van der Waals surface area contributed by atoms with Crippen LogP contribution in [0.25, 0.3) is 0 Å². The summed E-state index contributed by atoms with van der Waals surface area (Å²) in [5.74, 6) is -2.94. The Morgan fingerprint density at radius 3 is 1.81 bits per heavy atom. The van der Waals surface area contributed by atoms with E-state index < -0.39 is 68.4 Å². The molecular weight excluding hydrogens is 468 g/mol. The first-order valence-electron chi connectivity index (χ1n) is 8.63. The Labute approximate surface area is 177 Å². The molecule has 0 radical (unpaired) electrons. The lowest BCUT2D eigenvalue weighted by Gasteiger charge is -2.12. The first-order chi connectivity index (χ1) is 14.7. The number of alkyl halides is 6. The fourth-order valence-corrected chi connectivity index (χ4v) is 3.89. The standard InChI is InChI=1S/C19H13F6NO5S/c20-18(21,22)11-3-1-10(2-4-11)16-15(27)14(17(26)30-16)9-32(28,29)31-13-7-5-12(6-8-13)19(23,24)25/h1-8,16H,9,26H2. The third kappa shape index (κ3) is 5.15. The molecule has 0 saturated heterocycles. The van der Waals surface area contributed by atoms with Gasteiger partial charge in [-0.25, -0.2) is 0 Å². The molecule has 6 nitrogen and oxygen atoms in total. The fourth-order valence-electron chi connectivity index (χ4n) is 2.79. The summed E-state index contributed by atoms with van der Waals surface area (Å²) < 4.78 is 110. The Bertz CT molecular complexity index is 1150. The van der Waals surface area contributed by atoms with Gasteiger partial charge < -0.3 is 14.7 Å². The lowest BCUT2D eigenvalue weighted by Crippen LogP contribution is -2.21. The van der Waals surface area contributed by atoms with Crippen LogP contribution in [0, 0.1) is 0 Å². The lowest BCUT2D eigenvalue weighted by atomic mass is 10.0. The van der Waals surface area contributed by atoms with Crippen LogP contribution >= 0.6 is 0 Å². The van der Waals surface area contributed by atoms with Crippen molar-refractivity contribution in [1.29, 1.82) is 0 Å². The predicted molar refractivity (Wildman–Crippen MR) is 97.3 cm³/mol. The highest BCUT2D eigenvalue weighted by Crippen LogP contribution is 2.35. The second-order valence-corrected chi connectivity index (χ2v) is 8.20. The van der Waals surface area contributed by atoms with Crippen LogP contribution < -0.4 is 9.92 Å². The number of ketones is 1. The van der Waals surface area contributed by atoms with E-state index >= 15 is 0 Å². The molecule has 2 aromatic carbocycles. The number of benzene rings is 2. The van der Waals surface area contributed by atoms with Crippen molar-refractivity contribution in [3.8, 4) is 5.75 Å². The average molecular weight is 481 g/mol. The molecule has 0 aromatic heterocycles. The van der Waals surface area contributed by atoms with Crippen molar-refractivity contribution in [2.24, 2.45) is 5.73 Å². The number of Topliss-reactive ketones (excluding diaryl/α,β-unsaturated/α-hetero) is 1. The summed E-state index contributed by atoms with van der Waals surface area (Å²) in [6, 6.07) is 6.25. The van der Waals surface area contributed by atoms with Gasteiger partial charge in [-0.3, -0.25) is 4.79 Å². The Balaban J connectivity index is 1.73. The molecule has 0 aliphatic carbocycles. The van der Waals surface area contributed by atoms with Gasteiger partial charge in [0.1, 0.15) is 11.5 Å². The van der Waals surface area contributed by atoms with Gasteiger partial charge in [-0.05, 0) is 36.4 Å². The highest BCUT2D eigenvalue weighted by atomic mass is 32.2. The number of hydrogen-bond donors (Lipinski definition) is 1. The highest BCUT2D eigenvalue weighted by molar-refractivity contribution is 7.87. The fraction of sp³-hybridized carbons (Fsp3) is 0.211. The number of carbonyl (C=O) groups is 1. The minimum atomic E-state index is -4.63. The summed E-state index contributed by atoms with van der Waals surface area (Å²) in [6.45, 7) is 0. The molecule has 1 heterocycles. The quantitative estimate of drug-likeness (QED) is 0.514. The van der Waals surface area contributed by atoms with Crippen LogP contribution in [0.4, 0.5) is 26.3 Å². The zero-order chi connectivity index (χ0) is 23.9. The van der Waals surface area contributed by atoms with E-state index in [1.807, 2.05) is 0 Å². The maximum atomic E-state index is 12.7. The molecule has 0 saturated carbocycles. The second kappa shape index (κ2) is 8.04. The van der Waals surface area contributed by atoms with Crippen LogP contribution in [0.15, 0.2) is 60.0 Å². The van der Waals surface area contributed by atoms with Crippen LogP contribution in [-0.4, -0.2) is 20.0 Å². The van der Waals surface area contributed by atoms with Gasteiger partial charge in [0.2, 0.25) is 5.78 Å². The average Bonchev–Trinajstić information content (AvgIpc) is 2.94. The lowest BCUT2D eigenvalue weighted by molar-refractivity contribution is -0.138. The van der Waals surface area contributed by atoms with Gasteiger partial charge in [0, 0.05) is 5.56 Å². The molecule has 2 N–H and O–H groups in total. The highest BCUT2D eigenvalue weighted by Gasteiger charge is 2.39. The van der Waals surface area contributed by atoms with Crippen molar-refractivity contribution in [3.05, 3.63) is 76.7 Å². The molecule has 1 aliphatic rings. The van der Waals surface area contributed by atoms with Crippen LogP contribution in [0.1, 0.15) is 22.8 Å². The molecule has 0 bridgehead atoms. The van der Waals surface area contributed by atoms with Crippen molar-refractivity contribution in [3.63, 3.8) is 0 Å². The number of rotatable bonds is 5. The SMILES string of the molecule is NC1=C(CS(=O)(=O)Oc2ccc(C(F)(F)F)cc2)C(=O)C(c2ccc(C(F)(F)F)cc2)O1. The van der Waals surface area contributed by atoms with E-state index in [2.05, 4.69) is 0 Å². The van der Waals surface area contributed by atoms with Crippen LogP contribution in [0.5, 0.6) is 5.75 Å². The predicted octanol–water partition coefficient (Wildman–Crippen LogP) is 3.94. The molecule has 0 spiro atoms. The van der Waals surface area contributed by atoms with E-state index in [0.717, 1.165) is 36.4 Å². The minimum absolute atomic E-state index is 0.0157. The van der Waals surface area contributed by atoms with Gasteiger partial charge in [0.25, 0.3) is 0 Å². The molecule has 1 atom stereocenters. The maximum absolute atomic E-state index is 12.7.